The summed E-state index contributed by atoms with van der Waals surface area (Å²) in [5.74, 6) is 1.18. The quantitative estimate of drug-likeness (QED) is 0.373. The fourth-order valence-electron chi connectivity index (χ4n) is 0.457. The Morgan fingerprint density at radius 3 is 2.58 bits per heavy atom. The van der Waals surface area contributed by atoms with E-state index < -0.39 is 10.8 Å². The van der Waals surface area contributed by atoms with E-state index in [-0.39, 0.29) is 0 Å². The second-order valence-electron chi connectivity index (χ2n) is 1.79. The SMILES string of the molecule is C=CCS(=O)CC=CSSC=C. The van der Waals surface area contributed by atoms with Crippen LogP contribution < -0.4 is 0 Å². The molecule has 0 aromatic heterocycles. The molecule has 0 aromatic rings. The van der Waals surface area contributed by atoms with E-state index in [9.17, 15) is 4.21 Å². The van der Waals surface area contributed by atoms with Gasteiger partial charge < -0.3 is 0 Å². The fraction of sp³-hybridized carbons (Fsp3) is 0.250. The predicted molar refractivity (Wildman–Crippen MR) is 62.6 cm³/mol. The monoisotopic (exact) mass is 220 g/mol. The summed E-state index contributed by atoms with van der Waals surface area (Å²) in [5.41, 5.74) is 0. The zero-order valence-corrected chi connectivity index (χ0v) is 9.22. The maximum atomic E-state index is 11.0. The van der Waals surface area contributed by atoms with Gasteiger partial charge in [-0.05, 0) is 10.8 Å². The molecule has 0 saturated carbocycles. The number of hydrogen-bond donors (Lipinski definition) is 0. The first kappa shape index (κ1) is 12.1. The molecule has 0 N–H and O–H groups in total. The molecule has 0 saturated heterocycles. The molecule has 0 spiro atoms. The lowest BCUT2D eigenvalue weighted by Gasteiger charge is -1.90. The highest BCUT2D eigenvalue weighted by Crippen LogP contribution is 2.22. The van der Waals surface area contributed by atoms with Crippen molar-refractivity contribution < 1.29 is 4.21 Å². The van der Waals surface area contributed by atoms with Crippen LogP contribution in [0.1, 0.15) is 0 Å². The van der Waals surface area contributed by atoms with Gasteiger partial charge in [-0.25, -0.2) is 0 Å². The van der Waals surface area contributed by atoms with Crippen LogP contribution in [0.2, 0.25) is 0 Å². The van der Waals surface area contributed by atoms with Crippen molar-refractivity contribution in [2.75, 3.05) is 11.5 Å². The maximum Gasteiger partial charge on any atom is 0.0426 e. The third-order valence-electron chi connectivity index (χ3n) is 0.861. The summed E-state index contributed by atoms with van der Waals surface area (Å²) in [6, 6.07) is 0. The summed E-state index contributed by atoms with van der Waals surface area (Å²) in [6.07, 6.45) is 3.58. The van der Waals surface area contributed by atoms with Crippen LogP contribution >= 0.6 is 21.6 Å². The highest BCUT2D eigenvalue weighted by atomic mass is 33.1. The summed E-state index contributed by atoms with van der Waals surface area (Å²) >= 11 is 0. The highest BCUT2D eigenvalue weighted by molar-refractivity contribution is 8.78. The van der Waals surface area contributed by atoms with Crippen LogP contribution in [0.4, 0.5) is 0 Å². The smallest absolute Gasteiger partial charge is 0.0426 e. The molecule has 0 aromatic carbocycles. The molecule has 12 heavy (non-hydrogen) atoms. The van der Waals surface area contributed by atoms with Gasteiger partial charge in [0.1, 0.15) is 0 Å². The van der Waals surface area contributed by atoms with Gasteiger partial charge in [-0.1, -0.05) is 40.3 Å². The molecule has 68 valence electrons. The lowest BCUT2D eigenvalue weighted by atomic mass is 10.8. The molecule has 0 bridgehead atoms. The molecule has 0 aliphatic carbocycles. The van der Waals surface area contributed by atoms with Crippen LogP contribution in [0, 0.1) is 0 Å². The van der Waals surface area contributed by atoms with Crippen molar-refractivity contribution in [2.45, 2.75) is 0 Å². The predicted octanol–water partition coefficient (Wildman–Crippen LogP) is 2.96. The molecule has 0 aliphatic rings. The Kier molecular flexibility index (Phi) is 9.21. The summed E-state index contributed by atoms with van der Waals surface area (Å²) in [7, 11) is 2.34. The zero-order chi connectivity index (χ0) is 9.23. The first-order chi connectivity index (χ1) is 5.81. The van der Waals surface area contributed by atoms with Gasteiger partial charge in [0.2, 0.25) is 0 Å². The van der Waals surface area contributed by atoms with Crippen LogP contribution in [0.25, 0.3) is 0 Å². The Hall–Kier alpha value is 0.0700. The van der Waals surface area contributed by atoms with Gasteiger partial charge in [-0.15, -0.1) is 6.58 Å². The van der Waals surface area contributed by atoms with Gasteiger partial charge in [0.15, 0.2) is 0 Å². The minimum atomic E-state index is -0.779. The van der Waals surface area contributed by atoms with E-state index >= 15 is 0 Å². The van der Waals surface area contributed by atoms with E-state index in [4.69, 9.17) is 0 Å². The second-order valence-corrected chi connectivity index (χ2v) is 5.48. The average molecular weight is 220 g/mol. The van der Waals surface area contributed by atoms with Gasteiger partial charge >= 0.3 is 0 Å². The summed E-state index contributed by atoms with van der Waals surface area (Å²) in [6.45, 7) is 7.08. The standard InChI is InChI=1S/C8H12OS3/c1-3-7-12(9)8-5-6-11-10-4-2/h3-6H,1-2,7-8H2. The number of rotatable bonds is 7. The van der Waals surface area contributed by atoms with Crippen LogP contribution in [0.15, 0.2) is 36.1 Å². The average Bonchev–Trinajstić information content (AvgIpc) is 2.05. The van der Waals surface area contributed by atoms with Gasteiger partial charge in [-0.2, -0.15) is 0 Å². The fourth-order valence-corrected chi connectivity index (χ4v) is 2.27. The molecular formula is C8H12OS3. The van der Waals surface area contributed by atoms with Crippen LogP contribution in [0.3, 0.4) is 0 Å². The Labute approximate surface area is 84.2 Å². The zero-order valence-electron chi connectivity index (χ0n) is 6.77. The lowest BCUT2D eigenvalue weighted by Crippen LogP contribution is -1.96. The van der Waals surface area contributed by atoms with Crippen molar-refractivity contribution in [1.82, 2.24) is 0 Å². The van der Waals surface area contributed by atoms with E-state index in [0.29, 0.717) is 11.5 Å². The minimum Gasteiger partial charge on any atom is -0.259 e. The van der Waals surface area contributed by atoms with Crippen molar-refractivity contribution in [3.63, 3.8) is 0 Å². The lowest BCUT2D eigenvalue weighted by molar-refractivity contribution is 0.687. The van der Waals surface area contributed by atoms with Crippen molar-refractivity contribution in [3.8, 4) is 0 Å². The molecule has 4 heteroatoms. The molecule has 0 heterocycles. The van der Waals surface area contributed by atoms with Crippen molar-refractivity contribution in [3.05, 3.63) is 36.1 Å². The van der Waals surface area contributed by atoms with E-state index in [1.54, 1.807) is 33.1 Å². The first-order valence-electron chi connectivity index (χ1n) is 3.35. The molecule has 1 atom stereocenters. The van der Waals surface area contributed by atoms with Gasteiger partial charge in [0.05, 0.1) is 0 Å². The van der Waals surface area contributed by atoms with Crippen LogP contribution in [0.5, 0.6) is 0 Å². The Bertz CT molecular complexity index is 187. The normalized spacial score (nSPS) is 13.0. The third kappa shape index (κ3) is 8.17. The molecule has 0 radical (unpaired) electrons. The highest BCUT2D eigenvalue weighted by Gasteiger charge is 1.90. The third-order valence-corrected chi connectivity index (χ3v) is 3.66. The molecule has 0 amide bonds. The van der Waals surface area contributed by atoms with E-state index in [0.717, 1.165) is 0 Å². The van der Waals surface area contributed by atoms with E-state index in [2.05, 4.69) is 13.2 Å². The Morgan fingerprint density at radius 2 is 2.00 bits per heavy atom. The second kappa shape index (κ2) is 9.16. The van der Waals surface area contributed by atoms with Crippen LogP contribution in [-0.2, 0) is 10.8 Å². The molecule has 1 nitrogen and oxygen atoms in total. The van der Waals surface area contributed by atoms with Gasteiger partial charge in [-0.3, -0.25) is 4.21 Å². The van der Waals surface area contributed by atoms with Crippen LogP contribution in [-0.4, -0.2) is 15.7 Å². The molecule has 0 aliphatic heterocycles. The first-order valence-corrected chi connectivity index (χ1v) is 7.11. The summed E-state index contributed by atoms with van der Waals surface area (Å²) in [5, 5.41) is 3.68. The molecule has 0 fully saturated rings. The molecule has 0 rings (SSSR count). The maximum absolute atomic E-state index is 11.0. The number of hydrogen-bond acceptors (Lipinski definition) is 3. The largest absolute Gasteiger partial charge is 0.259 e. The van der Waals surface area contributed by atoms with E-state index in [1.807, 2.05) is 11.5 Å². The Balaban J connectivity index is 3.39. The van der Waals surface area contributed by atoms with Gasteiger partial charge in [0.25, 0.3) is 0 Å². The molecular weight excluding hydrogens is 208 g/mol. The van der Waals surface area contributed by atoms with Crippen molar-refractivity contribution in [2.24, 2.45) is 0 Å². The summed E-state index contributed by atoms with van der Waals surface area (Å²) in [4.78, 5) is 0. The van der Waals surface area contributed by atoms with Crippen molar-refractivity contribution in [1.29, 1.82) is 0 Å². The molecule has 1 unspecified atom stereocenters. The van der Waals surface area contributed by atoms with Crippen molar-refractivity contribution >= 4 is 32.4 Å². The topological polar surface area (TPSA) is 17.1 Å². The van der Waals surface area contributed by atoms with E-state index in [1.165, 1.54) is 0 Å². The van der Waals surface area contributed by atoms with Gasteiger partial charge in [0, 0.05) is 22.3 Å². The Morgan fingerprint density at radius 1 is 1.25 bits per heavy atom. The minimum absolute atomic E-state index is 0.573. The summed E-state index contributed by atoms with van der Waals surface area (Å²) < 4.78 is 11.0.